The van der Waals surface area contributed by atoms with Gasteiger partial charge in [0.25, 0.3) is 0 Å². The number of hydrogen-bond acceptors (Lipinski definition) is 3. The zero-order valence-corrected chi connectivity index (χ0v) is 13.7. The molecule has 20 heavy (non-hydrogen) atoms. The Morgan fingerprint density at radius 3 is 2.70 bits per heavy atom. The number of fused-ring (bicyclic) bond motifs is 1. The van der Waals surface area contributed by atoms with Crippen LogP contribution in [-0.4, -0.2) is 34.9 Å². The second kappa shape index (κ2) is 9.27. The maximum Gasteiger partial charge on any atom is 0.315 e. The number of hydrogen-bond donors (Lipinski definition) is 2. The summed E-state index contributed by atoms with van der Waals surface area (Å²) in [6.07, 6.45) is 5.60. The molecule has 0 saturated carbocycles. The first-order valence-electron chi connectivity index (χ1n) is 7.91. The van der Waals surface area contributed by atoms with Crippen molar-refractivity contribution in [1.82, 2.24) is 10.6 Å². The van der Waals surface area contributed by atoms with Crippen molar-refractivity contribution in [1.29, 1.82) is 0 Å². The normalized spacial score (nSPS) is 27.1. The molecule has 116 valence electrons. The maximum absolute atomic E-state index is 11.4. The van der Waals surface area contributed by atoms with Crippen molar-refractivity contribution in [3.63, 3.8) is 0 Å². The highest BCUT2D eigenvalue weighted by Gasteiger charge is 2.42. The molecule has 2 heterocycles. The molecule has 4 nitrogen and oxygen atoms in total. The fraction of sp³-hybridized carbons (Fsp3) is 0.867. The summed E-state index contributed by atoms with van der Waals surface area (Å²) in [5.41, 5.74) is 0. The van der Waals surface area contributed by atoms with Crippen LogP contribution in [0.2, 0.25) is 0 Å². The Morgan fingerprint density at radius 1 is 1.25 bits per heavy atom. The molecule has 2 aliphatic rings. The smallest absolute Gasteiger partial charge is 0.315 e. The number of ketones is 1. The minimum Gasteiger partial charge on any atom is -0.332 e. The molecule has 0 aliphatic carbocycles. The van der Waals surface area contributed by atoms with Gasteiger partial charge in [-0.2, -0.15) is 11.8 Å². The fourth-order valence-electron chi connectivity index (χ4n) is 2.71. The highest BCUT2D eigenvalue weighted by atomic mass is 32.2. The van der Waals surface area contributed by atoms with Gasteiger partial charge in [-0.1, -0.05) is 27.2 Å². The second-order valence-corrected chi connectivity index (χ2v) is 6.43. The van der Waals surface area contributed by atoms with Gasteiger partial charge in [-0.05, 0) is 19.3 Å². The Balaban J connectivity index is 0.000000956. The largest absolute Gasteiger partial charge is 0.332 e. The van der Waals surface area contributed by atoms with E-state index in [9.17, 15) is 9.59 Å². The van der Waals surface area contributed by atoms with Crippen molar-refractivity contribution in [2.45, 2.75) is 76.6 Å². The van der Waals surface area contributed by atoms with E-state index in [4.69, 9.17) is 0 Å². The van der Waals surface area contributed by atoms with Crippen molar-refractivity contribution in [2.75, 3.05) is 5.75 Å². The summed E-state index contributed by atoms with van der Waals surface area (Å²) in [5, 5.41) is 6.47. The molecule has 2 rings (SSSR count). The number of unbranched alkanes of at least 4 members (excludes halogenated alkanes) is 1. The van der Waals surface area contributed by atoms with Gasteiger partial charge in [-0.3, -0.25) is 4.79 Å². The minimum atomic E-state index is -0.0200. The third kappa shape index (κ3) is 5.00. The van der Waals surface area contributed by atoms with Gasteiger partial charge in [0, 0.05) is 23.8 Å². The molecule has 0 aromatic heterocycles. The lowest BCUT2D eigenvalue weighted by Crippen LogP contribution is -2.36. The van der Waals surface area contributed by atoms with Gasteiger partial charge in [-0.25, -0.2) is 4.79 Å². The Kier molecular flexibility index (Phi) is 8.04. The van der Waals surface area contributed by atoms with E-state index in [1.165, 1.54) is 0 Å². The predicted octanol–water partition coefficient (Wildman–Crippen LogP) is 3.11. The number of nitrogens with one attached hydrogen (secondary N) is 2. The van der Waals surface area contributed by atoms with Gasteiger partial charge in [0.15, 0.2) is 0 Å². The van der Waals surface area contributed by atoms with E-state index in [0.29, 0.717) is 23.1 Å². The molecular weight excluding hydrogens is 272 g/mol. The van der Waals surface area contributed by atoms with E-state index in [1.807, 2.05) is 32.5 Å². The van der Waals surface area contributed by atoms with Crippen molar-refractivity contribution in [3.05, 3.63) is 0 Å². The Hall–Kier alpha value is -0.710. The number of rotatable bonds is 7. The molecule has 0 aromatic carbocycles. The zero-order chi connectivity index (χ0) is 15.0. The van der Waals surface area contributed by atoms with Gasteiger partial charge in [-0.15, -0.1) is 0 Å². The summed E-state index contributed by atoms with van der Waals surface area (Å²) in [4.78, 5) is 22.6. The van der Waals surface area contributed by atoms with Crippen LogP contribution in [0.5, 0.6) is 0 Å². The summed E-state index contributed by atoms with van der Waals surface area (Å²) in [6.45, 7) is 6.04. The lowest BCUT2D eigenvalue weighted by atomic mass is 10.0. The second-order valence-electron chi connectivity index (χ2n) is 5.16. The quantitative estimate of drug-likeness (QED) is 0.561. The lowest BCUT2D eigenvalue weighted by molar-refractivity contribution is -0.119. The van der Waals surface area contributed by atoms with E-state index in [1.54, 1.807) is 0 Å². The summed E-state index contributed by atoms with van der Waals surface area (Å²) in [6, 6.07) is 0.594. The fourth-order valence-corrected chi connectivity index (χ4v) is 4.26. The first-order valence-corrected chi connectivity index (χ1v) is 8.96. The van der Waals surface area contributed by atoms with Crippen LogP contribution >= 0.6 is 11.8 Å². The Bertz CT molecular complexity index is 323. The molecule has 0 unspecified atom stereocenters. The first-order chi connectivity index (χ1) is 9.70. The molecule has 0 spiro atoms. The molecule has 5 heteroatoms. The molecule has 2 N–H and O–H groups in total. The van der Waals surface area contributed by atoms with Crippen molar-refractivity contribution >= 4 is 23.6 Å². The highest BCUT2D eigenvalue weighted by Crippen LogP contribution is 2.33. The molecular formula is C15H28N2O2S. The number of carbonyl (C=O) groups is 2. The van der Waals surface area contributed by atoms with E-state index >= 15 is 0 Å². The van der Waals surface area contributed by atoms with Crippen LogP contribution in [0.15, 0.2) is 0 Å². The minimum absolute atomic E-state index is 0.0200. The molecule has 2 amide bonds. The number of carbonyl (C=O) groups excluding carboxylic acids is 2. The average Bonchev–Trinajstić information content (AvgIpc) is 2.97. The van der Waals surface area contributed by atoms with E-state index in [2.05, 4.69) is 10.6 Å². The molecule has 0 aromatic rings. The lowest BCUT2D eigenvalue weighted by Gasteiger charge is -2.16. The number of urea groups is 1. The monoisotopic (exact) mass is 300 g/mol. The zero-order valence-electron chi connectivity index (χ0n) is 12.9. The third-order valence-electron chi connectivity index (χ3n) is 3.66. The van der Waals surface area contributed by atoms with Crippen molar-refractivity contribution in [3.8, 4) is 0 Å². The highest BCUT2D eigenvalue weighted by molar-refractivity contribution is 8.00. The summed E-state index contributed by atoms with van der Waals surface area (Å²) in [7, 11) is 0. The molecule has 2 saturated heterocycles. The topological polar surface area (TPSA) is 58.2 Å². The Morgan fingerprint density at radius 2 is 2.00 bits per heavy atom. The number of amides is 2. The third-order valence-corrected chi connectivity index (χ3v) is 5.17. The summed E-state index contributed by atoms with van der Waals surface area (Å²) < 4.78 is 0. The van der Waals surface area contributed by atoms with Gasteiger partial charge >= 0.3 is 6.03 Å². The average molecular weight is 300 g/mol. The molecule has 0 bridgehead atoms. The predicted molar refractivity (Wildman–Crippen MR) is 85.2 cm³/mol. The van der Waals surface area contributed by atoms with Crippen LogP contribution in [-0.2, 0) is 4.79 Å². The van der Waals surface area contributed by atoms with Crippen molar-refractivity contribution in [2.24, 2.45) is 0 Å². The van der Waals surface area contributed by atoms with Crippen molar-refractivity contribution < 1.29 is 9.59 Å². The van der Waals surface area contributed by atoms with Gasteiger partial charge in [0.2, 0.25) is 0 Å². The summed E-state index contributed by atoms with van der Waals surface area (Å²) in [5.74, 6) is 1.41. The number of thioether (sulfide) groups is 1. The first kappa shape index (κ1) is 17.3. The van der Waals surface area contributed by atoms with E-state index in [-0.39, 0.29) is 6.03 Å². The van der Waals surface area contributed by atoms with Crippen LogP contribution in [0.1, 0.15) is 59.3 Å². The van der Waals surface area contributed by atoms with Gasteiger partial charge in [0.05, 0.1) is 12.1 Å². The standard InChI is InChI=1S/C13H22N2O2S.C2H6/c1-2-5-9(16)6-3-4-7-11-12-10(8-18-11)14-13(17)15-12;1-2/h10-12H,2-8H2,1H3,(H2,14,15,17);1-2H3/t10-,11-,12-;/m0./s1. The Labute approximate surface area is 126 Å². The van der Waals surface area contributed by atoms with Crippen LogP contribution < -0.4 is 10.6 Å². The maximum atomic E-state index is 11.4. The molecule has 2 aliphatic heterocycles. The van der Waals surface area contributed by atoms with Crippen LogP contribution in [0.25, 0.3) is 0 Å². The van der Waals surface area contributed by atoms with Crippen LogP contribution in [0, 0.1) is 0 Å². The molecule has 2 fully saturated rings. The summed E-state index contributed by atoms with van der Waals surface area (Å²) >= 11 is 1.94. The molecule has 3 atom stereocenters. The van der Waals surface area contributed by atoms with E-state index < -0.39 is 0 Å². The van der Waals surface area contributed by atoms with Gasteiger partial charge in [0.1, 0.15) is 5.78 Å². The molecule has 0 radical (unpaired) electrons. The van der Waals surface area contributed by atoms with E-state index in [0.717, 1.165) is 44.3 Å². The van der Waals surface area contributed by atoms with Crippen LogP contribution in [0.4, 0.5) is 4.79 Å². The number of Topliss-reactive ketones (excluding diaryl/α,β-unsaturated/α-hetero) is 1. The SMILES string of the molecule is CC.CCCC(=O)CCCC[C@@H]1SC[C@@H]2NC(=O)N[C@@H]21. The van der Waals surface area contributed by atoms with Gasteiger partial charge < -0.3 is 10.6 Å². The van der Waals surface area contributed by atoms with Crippen LogP contribution in [0.3, 0.4) is 0 Å².